The summed E-state index contributed by atoms with van der Waals surface area (Å²) in [6.07, 6.45) is -5.57. The largest absolute Gasteiger partial charge is 0.387 e. The van der Waals surface area contributed by atoms with Gasteiger partial charge in [-0.05, 0) is 19.4 Å². The molecule has 23 heavy (non-hydrogen) atoms. The van der Waals surface area contributed by atoms with E-state index >= 15 is 0 Å². The minimum Gasteiger partial charge on any atom is -0.387 e. The smallest absolute Gasteiger partial charge is 0.252 e. The number of amides is 1. The second-order valence-corrected chi connectivity index (χ2v) is 6.21. The van der Waals surface area contributed by atoms with Gasteiger partial charge in [-0.1, -0.05) is 30.3 Å². The third-order valence-corrected chi connectivity index (χ3v) is 3.93. The lowest BCUT2D eigenvalue weighted by atomic mass is 9.98. The molecule has 0 unspecified atom stereocenters. The molecule has 1 aromatic rings. The lowest BCUT2D eigenvalue weighted by molar-refractivity contribution is -0.246. The van der Waals surface area contributed by atoms with Crippen molar-refractivity contribution in [2.75, 3.05) is 0 Å². The fraction of sp³-hybridized carbons (Fsp3) is 0.562. The van der Waals surface area contributed by atoms with E-state index in [2.05, 4.69) is 5.32 Å². The molecule has 2 saturated heterocycles. The Morgan fingerprint density at radius 1 is 1.17 bits per heavy atom. The van der Waals surface area contributed by atoms with E-state index < -0.39 is 42.4 Å². The SMILES string of the molecule is CC1(C)O[C@H]2O[C@H](C(=O)NCc3ccccc3)[C@@H](O)[C@H](O)[C@H]2O1. The molecule has 5 atom stereocenters. The molecular formula is C16H21NO6. The summed E-state index contributed by atoms with van der Waals surface area (Å²) in [5, 5.41) is 23.0. The van der Waals surface area contributed by atoms with E-state index in [1.54, 1.807) is 13.8 Å². The van der Waals surface area contributed by atoms with Crippen LogP contribution in [0, 0.1) is 0 Å². The Morgan fingerprint density at radius 3 is 2.57 bits per heavy atom. The van der Waals surface area contributed by atoms with Crippen LogP contribution < -0.4 is 5.32 Å². The molecular weight excluding hydrogens is 302 g/mol. The number of fused-ring (bicyclic) bond motifs is 1. The van der Waals surface area contributed by atoms with Gasteiger partial charge in [0.1, 0.15) is 18.3 Å². The zero-order chi connectivity index (χ0) is 16.6. The minimum atomic E-state index is -1.38. The molecule has 2 aliphatic heterocycles. The number of hydrogen-bond acceptors (Lipinski definition) is 6. The van der Waals surface area contributed by atoms with Crippen LogP contribution in [0.15, 0.2) is 30.3 Å². The summed E-state index contributed by atoms with van der Waals surface area (Å²) < 4.78 is 16.5. The van der Waals surface area contributed by atoms with Crippen molar-refractivity contribution >= 4 is 5.91 Å². The van der Waals surface area contributed by atoms with E-state index in [0.29, 0.717) is 6.54 Å². The van der Waals surface area contributed by atoms with Gasteiger partial charge in [0.05, 0.1) is 0 Å². The highest BCUT2D eigenvalue weighted by Gasteiger charge is 2.55. The second kappa shape index (κ2) is 6.18. The first-order valence-electron chi connectivity index (χ1n) is 7.56. The molecule has 2 heterocycles. The van der Waals surface area contributed by atoms with E-state index in [9.17, 15) is 15.0 Å². The number of benzene rings is 1. The lowest BCUT2D eigenvalue weighted by Gasteiger charge is -2.36. The Morgan fingerprint density at radius 2 is 1.87 bits per heavy atom. The quantitative estimate of drug-likeness (QED) is 0.719. The van der Waals surface area contributed by atoms with Crippen molar-refractivity contribution in [2.45, 2.75) is 56.9 Å². The second-order valence-electron chi connectivity index (χ2n) is 6.21. The zero-order valence-corrected chi connectivity index (χ0v) is 13.0. The molecule has 0 bridgehead atoms. The van der Waals surface area contributed by atoms with Crippen molar-refractivity contribution in [1.82, 2.24) is 5.32 Å². The Labute approximate surface area is 134 Å². The molecule has 7 nitrogen and oxygen atoms in total. The molecule has 3 N–H and O–H groups in total. The number of aliphatic hydroxyl groups is 2. The van der Waals surface area contributed by atoms with Crippen LogP contribution >= 0.6 is 0 Å². The van der Waals surface area contributed by atoms with Gasteiger partial charge in [0, 0.05) is 6.54 Å². The zero-order valence-electron chi connectivity index (χ0n) is 13.0. The van der Waals surface area contributed by atoms with Gasteiger partial charge in [-0.3, -0.25) is 4.79 Å². The van der Waals surface area contributed by atoms with Crippen molar-refractivity contribution in [1.29, 1.82) is 0 Å². The van der Waals surface area contributed by atoms with E-state index in [1.807, 2.05) is 30.3 Å². The third-order valence-electron chi connectivity index (χ3n) is 3.93. The van der Waals surface area contributed by atoms with Gasteiger partial charge in [0.15, 0.2) is 18.2 Å². The highest BCUT2D eigenvalue weighted by atomic mass is 16.8. The monoisotopic (exact) mass is 323 g/mol. The van der Waals surface area contributed by atoms with E-state index in [4.69, 9.17) is 14.2 Å². The Bertz CT molecular complexity index is 563. The first kappa shape index (κ1) is 16.4. The van der Waals surface area contributed by atoms with Gasteiger partial charge in [-0.25, -0.2) is 0 Å². The lowest BCUT2D eigenvalue weighted by Crippen LogP contribution is -2.60. The molecule has 1 amide bonds. The minimum absolute atomic E-state index is 0.305. The maximum atomic E-state index is 12.3. The fourth-order valence-electron chi connectivity index (χ4n) is 2.79. The molecule has 3 rings (SSSR count). The van der Waals surface area contributed by atoms with Crippen molar-refractivity contribution in [2.24, 2.45) is 0 Å². The van der Waals surface area contributed by atoms with Crippen LogP contribution in [-0.2, 0) is 25.5 Å². The number of rotatable bonds is 3. The highest BCUT2D eigenvalue weighted by Crippen LogP contribution is 2.36. The standard InChI is InChI=1S/C16H21NO6/c1-16(2)22-13-11(19)10(18)12(21-15(13)23-16)14(20)17-8-9-6-4-3-5-7-9/h3-7,10-13,15,18-19H,8H2,1-2H3,(H,17,20)/t10-,11-,12-,13+,15+/m0/s1. The van der Waals surface area contributed by atoms with Gasteiger partial charge in [0.25, 0.3) is 5.91 Å². The summed E-state index contributed by atoms with van der Waals surface area (Å²) in [5.74, 6) is -1.45. The van der Waals surface area contributed by atoms with Crippen molar-refractivity contribution in [3.05, 3.63) is 35.9 Å². The molecule has 126 valence electrons. The molecule has 2 fully saturated rings. The van der Waals surface area contributed by atoms with E-state index in [1.165, 1.54) is 0 Å². The molecule has 0 aromatic heterocycles. The van der Waals surface area contributed by atoms with Crippen molar-refractivity contribution in [3.63, 3.8) is 0 Å². The first-order valence-corrected chi connectivity index (χ1v) is 7.56. The molecule has 1 aromatic carbocycles. The first-order chi connectivity index (χ1) is 10.9. The van der Waals surface area contributed by atoms with Crippen LogP contribution in [0.1, 0.15) is 19.4 Å². The Balaban J connectivity index is 1.64. The number of aliphatic hydroxyl groups excluding tert-OH is 2. The highest BCUT2D eigenvalue weighted by molar-refractivity contribution is 5.81. The molecule has 7 heteroatoms. The normalized spacial score (nSPS) is 35.6. The van der Waals surface area contributed by atoms with E-state index in [0.717, 1.165) is 5.56 Å². The van der Waals surface area contributed by atoms with Crippen LogP contribution in [0.3, 0.4) is 0 Å². The fourth-order valence-corrected chi connectivity index (χ4v) is 2.79. The Hall–Kier alpha value is -1.51. The predicted molar refractivity (Wildman–Crippen MR) is 79.0 cm³/mol. The summed E-state index contributed by atoms with van der Waals surface area (Å²) in [4.78, 5) is 12.3. The van der Waals surface area contributed by atoms with Crippen molar-refractivity contribution in [3.8, 4) is 0 Å². The number of ether oxygens (including phenoxy) is 3. The van der Waals surface area contributed by atoms with Gasteiger partial charge in [0.2, 0.25) is 0 Å². The van der Waals surface area contributed by atoms with Crippen LogP contribution in [0.5, 0.6) is 0 Å². The van der Waals surface area contributed by atoms with Gasteiger partial charge in [-0.2, -0.15) is 0 Å². The number of carbonyl (C=O) groups excluding carboxylic acids is 1. The van der Waals surface area contributed by atoms with E-state index in [-0.39, 0.29) is 0 Å². The summed E-state index contributed by atoms with van der Waals surface area (Å²) in [6.45, 7) is 3.66. The Kier molecular flexibility index (Phi) is 4.39. The molecule has 0 aliphatic carbocycles. The van der Waals surface area contributed by atoms with Crippen LogP contribution in [0.4, 0.5) is 0 Å². The maximum absolute atomic E-state index is 12.3. The number of hydrogen-bond donors (Lipinski definition) is 3. The van der Waals surface area contributed by atoms with Gasteiger partial charge < -0.3 is 29.7 Å². The van der Waals surface area contributed by atoms with Crippen LogP contribution in [-0.4, -0.2) is 52.6 Å². The molecule has 2 aliphatic rings. The van der Waals surface area contributed by atoms with Crippen LogP contribution in [0.2, 0.25) is 0 Å². The average molecular weight is 323 g/mol. The van der Waals surface area contributed by atoms with Gasteiger partial charge >= 0.3 is 0 Å². The number of carbonyl (C=O) groups is 1. The maximum Gasteiger partial charge on any atom is 0.252 e. The predicted octanol–water partition coefficient (Wildman–Crippen LogP) is -0.0990. The summed E-state index contributed by atoms with van der Waals surface area (Å²) >= 11 is 0. The summed E-state index contributed by atoms with van der Waals surface area (Å²) in [5.41, 5.74) is 0.922. The van der Waals surface area contributed by atoms with Crippen molar-refractivity contribution < 1.29 is 29.2 Å². The topological polar surface area (TPSA) is 97.3 Å². The van der Waals surface area contributed by atoms with Crippen LogP contribution in [0.25, 0.3) is 0 Å². The molecule has 0 radical (unpaired) electrons. The molecule has 0 spiro atoms. The average Bonchev–Trinajstić information content (AvgIpc) is 2.84. The number of nitrogens with one attached hydrogen (secondary N) is 1. The molecule has 0 saturated carbocycles. The third kappa shape index (κ3) is 3.39. The van der Waals surface area contributed by atoms with Gasteiger partial charge in [-0.15, -0.1) is 0 Å². The summed E-state index contributed by atoms with van der Waals surface area (Å²) in [7, 11) is 0. The summed E-state index contributed by atoms with van der Waals surface area (Å²) in [6, 6.07) is 9.37.